The van der Waals surface area contributed by atoms with E-state index in [1.807, 2.05) is 6.92 Å². The highest BCUT2D eigenvalue weighted by molar-refractivity contribution is 7.89. The van der Waals surface area contributed by atoms with Crippen LogP contribution < -0.4 is 10.5 Å². The molecule has 1 fully saturated rings. The van der Waals surface area contributed by atoms with Gasteiger partial charge < -0.3 is 5.73 Å². The smallest absolute Gasteiger partial charge is 0.241 e. The summed E-state index contributed by atoms with van der Waals surface area (Å²) in [6.07, 6.45) is 5.99. The molecule has 0 amide bonds. The normalized spacial score (nSPS) is 23.1. The third-order valence-corrected chi connectivity index (χ3v) is 6.05. The predicted octanol–water partition coefficient (Wildman–Crippen LogP) is 3.08. The lowest BCUT2D eigenvalue weighted by Crippen LogP contribution is -2.38. The Labute approximate surface area is 128 Å². The van der Waals surface area contributed by atoms with Crippen LogP contribution in [-0.4, -0.2) is 14.5 Å². The molecule has 0 bridgehead atoms. The molecule has 0 saturated heterocycles. The van der Waals surface area contributed by atoms with Gasteiger partial charge in [0.1, 0.15) is 0 Å². The Morgan fingerprint density at radius 3 is 2.71 bits per heavy atom. The molecule has 1 aromatic carbocycles. The fraction of sp³-hybridized carbons (Fsp3) is 0.625. The van der Waals surface area contributed by atoms with Crippen molar-refractivity contribution in [2.24, 2.45) is 5.92 Å². The maximum absolute atomic E-state index is 12.7. The molecule has 0 aliphatic heterocycles. The van der Waals surface area contributed by atoms with E-state index in [2.05, 4.69) is 11.6 Å². The van der Waals surface area contributed by atoms with E-state index in [1.165, 1.54) is 6.42 Å². The summed E-state index contributed by atoms with van der Waals surface area (Å²) in [6, 6.07) is 5.19. The molecule has 2 rings (SSSR count). The minimum Gasteiger partial charge on any atom is -0.399 e. The zero-order valence-electron chi connectivity index (χ0n) is 12.9. The van der Waals surface area contributed by atoms with Crippen molar-refractivity contribution in [2.75, 3.05) is 5.73 Å². The summed E-state index contributed by atoms with van der Waals surface area (Å²) in [4.78, 5) is 0.337. The van der Waals surface area contributed by atoms with Crippen molar-refractivity contribution in [1.82, 2.24) is 4.72 Å². The standard InChI is InChI=1S/C16H26N2O2S/c1-3-12-6-5-7-15(10-12)18-21(19,20)16-11-14(17)9-8-13(16)4-2/h8-9,11-12,15,18H,3-7,10,17H2,1-2H3. The average Bonchev–Trinajstić information content (AvgIpc) is 2.47. The van der Waals surface area contributed by atoms with Crippen molar-refractivity contribution >= 4 is 15.7 Å². The van der Waals surface area contributed by atoms with Gasteiger partial charge in [0, 0.05) is 11.7 Å². The Bertz CT molecular complexity index is 584. The Balaban J connectivity index is 2.20. The van der Waals surface area contributed by atoms with Gasteiger partial charge in [-0.3, -0.25) is 0 Å². The maximum atomic E-state index is 12.7. The van der Waals surface area contributed by atoms with E-state index in [4.69, 9.17) is 5.73 Å². The number of hydrogen-bond donors (Lipinski definition) is 2. The third kappa shape index (κ3) is 3.98. The van der Waals surface area contributed by atoms with Crippen LogP contribution in [0.5, 0.6) is 0 Å². The van der Waals surface area contributed by atoms with Crippen molar-refractivity contribution in [1.29, 1.82) is 0 Å². The second kappa shape index (κ2) is 6.79. The van der Waals surface area contributed by atoms with Crippen LogP contribution in [0.3, 0.4) is 0 Å². The first-order chi connectivity index (χ1) is 9.96. The quantitative estimate of drug-likeness (QED) is 0.821. The number of hydrogen-bond acceptors (Lipinski definition) is 3. The molecule has 2 unspecified atom stereocenters. The summed E-state index contributed by atoms with van der Waals surface area (Å²) in [5.41, 5.74) is 7.07. The lowest BCUT2D eigenvalue weighted by molar-refractivity contribution is 0.301. The van der Waals surface area contributed by atoms with Gasteiger partial charge in [-0.05, 0) is 42.9 Å². The van der Waals surface area contributed by atoms with Gasteiger partial charge in [-0.15, -0.1) is 0 Å². The maximum Gasteiger partial charge on any atom is 0.241 e. The van der Waals surface area contributed by atoms with Crippen molar-refractivity contribution in [3.8, 4) is 0 Å². The molecule has 0 heterocycles. The van der Waals surface area contributed by atoms with Crippen LogP contribution in [-0.2, 0) is 16.4 Å². The zero-order valence-corrected chi connectivity index (χ0v) is 13.7. The largest absolute Gasteiger partial charge is 0.399 e. The van der Waals surface area contributed by atoms with Gasteiger partial charge in [-0.2, -0.15) is 0 Å². The molecule has 4 nitrogen and oxygen atoms in total. The molecular formula is C16H26N2O2S. The molecule has 5 heteroatoms. The highest BCUT2D eigenvalue weighted by Crippen LogP contribution is 2.28. The van der Waals surface area contributed by atoms with Crippen molar-refractivity contribution in [2.45, 2.75) is 63.3 Å². The van der Waals surface area contributed by atoms with Gasteiger partial charge in [0.25, 0.3) is 0 Å². The SMILES string of the molecule is CCc1ccc(N)cc1S(=O)(=O)NC1CCCC(CC)C1. The number of rotatable bonds is 5. The Morgan fingerprint density at radius 2 is 2.05 bits per heavy atom. The molecule has 1 saturated carbocycles. The van der Waals surface area contributed by atoms with Crippen LogP contribution >= 0.6 is 0 Å². The number of nitrogens with one attached hydrogen (secondary N) is 1. The number of anilines is 1. The van der Waals surface area contributed by atoms with E-state index in [0.29, 0.717) is 22.9 Å². The monoisotopic (exact) mass is 310 g/mol. The molecule has 1 aliphatic carbocycles. The van der Waals surface area contributed by atoms with Crippen LogP contribution in [0.2, 0.25) is 0 Å². The number of nitrogens with two attached hydrogens (primary N) is 1. The molecule has 1 aromatic rings. The average molecular weight is 310 g/mol. The van der Waals surface area contributed by atoms with Gasteiger partial charge >= 0.3 is 0 Å². The van der Waals surface area contributed by atoms with E-state index in [9.17, 15) is 8.42 Å². The molecule has 2 atom stereocenters. The summed E-state index contributed by atoms with van der Waals surface area (Å²) < 4.78 is 28.2. The summed E-state index contributed by atoms with van der Waals surface area (Å²) in [5.74, 6) is 0.637. The van der Waals surface area contributed by atoms with Crippen LogP contribution in [0.4, 0.5) is 5.69 Å². The molecular weight excluding hydrogens is 284 g/mol. The van der Waals surface area contributed by atoms with Crippen LogP contribution in [0.1, 0.15) is 51.5 Å². The Hall–Kier alpha value is -1.07. The van der Waals surface area contributed by atoms with E-state index in [0.717, 1.165) is 31.2 Å². The van der Waals surface area contributed by atoms with Crippen molar-refractivity contribution in [3.05, 3.63) is 23.8 Å². The summed E-state index contributed by atoms with van der Waals surface area (Å²) in [7, 11) is -3.49. The lowest BCUT2D eigenvalue weighted by atomic mass is 9.85. The van der Waals surface area contributed by atoms with Gasteiger partial charge in [0.15, 0.2) is 0 Å². The highest BCUT2D eigenvalue weighted by Gasteiger charge is 2.27. The van der Waals surface area contributed by atoms with Gasteiger partial charge in [0.2, 0.25) is 10.0 Å². The predicted molar refractivity (Wildman–Crippen MR) is 86.6 cm³/mol. The first kappa shape index (κ1) is 16.3. The number of benzene rings is 1. The molecule has 0 spiro atoms. The van der Waals surface area contributed by atoms with E-state index < -0.39 is 10.0 Å². The molecule has 1 aliphatic rings. The summed E-state index contributed by atoms with van der Waals surface area (Å²) in [5, 5.41) is 0. The Morgan fingerprint density at radius 1 is 1.29 bits per heavy atom. The van der Waals surface area contributed by atoms with Crippen LogP contribution in [0.25, 0.3) is 0 Å². The fourth-order valence-corrected chi connectivity index (χ4v) is 4.79. The molecule has 118 valence electrons. The second-order valence-corrected chi connectivity index (χ2v) is 7.66. The van der Waals surface area contributed by atoms with Gasteiger partial charge in [-0.1, -0.05) is 39.2 Å². The van der Waals surface area contributed by atoms with Gasteiger partial charge in [-0.25, -0.2) is 13.1 Å². The number of sulfonamides is 1. The number of aryl methyl sites for hydroxylation is 1. The van der Waals surface area contributed by atoms with E-state index >= 15 is 0 Å². The first-order valence-corrected chi connectivity index (χ1v) is 9.35. The van der Waals surface area contributed by atoms with E-state index in [-0.39, 0.29) is 6.04 Å². The zero-order chi connectivity index (χ0) is 15.5. The second-order valence-electron chi connectivity index (χ2n) is 5.98. The van der Waals surface area contributed by atoms with Crippen molar-refractivity contribution < 1.29 is 8.42 Å². The lowest BCUT2D eigenvalue weighted by Gasteiger charge is -2.29. The first-order valence-electron chi connectivity index (χ1n) is 7.87. The van der Waals surface area contributed by atoms with Crippen LogP contribution in [0, 0.1) is 5.92 Å². The Kier molecular flexibility index (Phi) is 5.27. The van der Waals surface area contributed by atoms with Crippen molar-refractivity contribution in [3.63, 3.8) is 0 Å². The summed E-state index contributed by atoms with van der Waals surface area (Å²) >= 11 is 0. The molecule has 21 heavy (non-hydrogen) atoms. The fourth-order valence-electron chi connectivity index (χ4n) is 3.17. The minimum atomic E-state index is -3.49. The minimum absolute atomic E-state index is 0.0554. The third-order valence-electron chi connectivity index (χ3n) is 4.44. The van der Waals surface area contributed by atoms with Crippen LogP contribution in [0.15, 0.2) is 23.1 Å². The molecule has 3 N–H and O–H groups in total. The highest BCUT2D eigenvalue weighted by atomic mass is 32.2. The topological polar surface area (TPSA) is 72.2 Å². The summed E-state index contributed by atoms with van der Waals surface area (Å²) in [6.45, 7) is 4.13. The number of nitrogen functional groups attached to an aromatic ring is 1. The molecule has 0 radical (unpaired) electrons. The molecule has 0 aromatic heterocycles. The van der Waals surface area contributed by atoms with E-state index in [1.54, 1.807) is 18.2 Å². The van der Waals surface area contributed by atoms with Gasteiger partial charge in [0.05, 0.1) is 4.90 Å².